The van der Waals surface area contributed by atoms with Crippen molar-refractivity contribution in [3.05, 3.63) is 47.5 Å². The van der Waals surface area contributed by atoms with E-state index in [0.717, 1.165) is 5.56 Å². The van der Waals surface area contributed by atoms with E-state index in [-0.39, 0.29) is 23.0 Å². The van der Waals surface area contributed by atoms with E-state index < -0.39 is 37.3 Å². The van der Waals surface area contributed by atoms with E-state index in [1.54, 1.807) is 6.07 Å². The lowest BCUT2D eigenvalue weighted by atomic mass is 9.99. The van der Waals surface area contributed by atoms with Gasteiger partial charge in [0.05, 0.1) is 6.61 Å². The number of hydrogen-bond donors (Lipinski definition) is 7. The Morgan fingerprint density at radius 2 is 1.59 bits per heavy atom. The molecule has 1 fully saturated rings. The minimum atomic E-state index is -1.56. The van der Waals surface area contributed by atoms with Crippen LogP contribution in [-0.2, 0) is 17.6 Å². The summed E-state index contributed by atoms with van der Waals surface area (Å²) in [5.74, 6) is -0.196. The van der Waals surface area contributed by atoms with Gasteiger partial charge in [-0.2, -0.15) is 0 Å². The molecule has 5 atom stereocenters. The number of benzene rings is 2. The summed E-state index contributed by atoms with van der Waals surface area (Å²) in [6.45, 7) is -0.572. The van der Waals surface area contributed by atoms with Gasteiger partial charge in [-0.15, -0.1) is 0 Å². The molecule has 2 aromatic carbocycles. The third-order valence-corrected chi connectivity index (χ3v) is 4.86. The van der Waals surface area contributed by atoms with Gasteiger partial charge in [0.2, 0.25) is 6.29 Å². The fraction of sp³-hybridized carbons (Fsp3) is 0.400. The van der Waals surface area contributed by atoms with Gasteiger partial charge in [-0.25, -0.2) is 0 Å². The third kappa shape index (κ3) is 4.72. The first-order valence-corrected chi connectivity index (χ1v) is 9.10. The highest BCUT2D eigenvalue weighted by atomic mass is 16.7. The van der Waals surface area contributed by atoms with Crippen molar-refractivity contribution < 1.29 is 45.2 Å². The highest BCUT2D eigenvalue weighted by molar-refractivity contribution is 5.43. The summed E-state index contributed by atoms with van der Waals surface area (Å²) in [6, 6.07) is 8.78. The van der Waals surface area contributed by atoms with Gasteiger partial charge in [0.15, 0.2) is 11.5 Å². The molecule has 1 aliphatic heterocycles. The summed E-state index contributed by atoms with van der Waals surface area (Å²) in [6.07, 6.45) is -6.22. The average Bonchev–Trinajstić information content (AvgIpc) is 2.70. The summed E-state index contributed by atoms with van der Waals surface area (Å²) in [5.41, 5.74) is 1.30. The number of aryl methyl sites for hydroxylation is 2. The Kier molecular flexibility index (Phi) is 6.46. The predicted octanol–water partition coefficient (Wildman–Crippen LogP) is -0.233. The molecule has 0 bridgehead atoms. The molecule has 158 valence electrons. The first-order valence-electron chi connectivity index (χ1n) is 9.10. The molecule has 0 amide bonds. The van der Waals surface area contributed by atoms with Gasteiger partial charge in [0.25, 0.3) is 0 Å². The van der Waals surface area contributed by atoms with Crippen molar-refractivity contribution in [3.63, 3.8) is 0 Å². The molecular formula is C20H24O9. The van der Waals surface area contributed by atoms with Crippen LogP contribution in [-0.4, -0.2) is 73.1 Å². The van der Waals surface area contributed by atoms with Crippen LogP contribution in [0.2, 0.25) is 0 Å². The molecule has 3 rings (SSSR count). The van der Waals surface area contributed by atoms with Crippen LogP contribution in [0.3, 0.4) is 0 Å². The monoisotopic (exact) mass is 408 g/mol. The summed E-state index contributed by atoms with van der Waals surface area (Å²) in [5, 5.41) is 68.0. The van der Waals surface area contributed by atoms with Crippen LogP contribution in [0.15, 0.2) is 36.4 Å². The van der Waals surface area contributed by atoms with Crippen molar-refractivity contribution in [2.45, 2.75) is 43.5 Å². The maximum absolute atomic E-state index is 10.1. The second kappa shape index (κ2) is 8.85. The number of ether oxygens (including phenoxy) is 2. The van der Waals surface area contributed by atoms with Crippen LogP contribution in [0.5, 0.6) is 23.0 Å². The Hall–Kier alpha value is -2.56. The van der Waals surface area contributed by atoms with E-state index in [1.165, 1.54) is 30.3 Å². The summed E-state index contributed by atoms with van der Waals surface area (Å²) >= 11 is 0. The standard InChI is InChI=1S/C20H24O9/c21-9-16-17(25)18(26)19(27)20(29-16)28-15-6-4-12(22)8-11(15)3-1-10-2-5-13(23)14(24)7-10/h2,4-8,16-27H,1,3,9H2/t16-,17-,18+,19+,20-/m1/s1. The first kappa shape index (κ1) is 21.2. The van der Waals surface area contributed by atoms with Crippen molar-refractivity contribution >= 4 is 0 Å². The van der Waals surface area contributed by atoms with E-state index in [1.807, 2.05) is 0 Å². The van der Waals surface area contributed by atoms with Gasteiger partial charge in [-0.05, 0) is 54.3 Å². The third-order valence-electron chi connectivity index (χ3n) is 4.86. The van der Waals surface area contributed by atoms with Crippen molar-refractivity contribution in [1.82, 2.24) is 0 Å². The molecule has 1 aliphatic rings. The SMILES string of the molecule is OC[C@H]1O[C@@H](Oc2ccc(O)cc2CCc2ccc(O)c(O)c2)[C@@H](O)[C@@H](O)[C@@H]1O. The summed E-state index contributed by atoms with van der Waals surface area (Å²) in [7, 11) is 0. The number of aromatic hydroxyl groups is 3. The fourth-order valence-corrected chi connectivity index (χ4v) is 3.17. The maximum atomic E-state index is 10.1. The molecular weight excluding hydrogens is 384 g/mol. The minimum absolute atomic E-state index is 0.00490. The summed E-state index contributed by atoms with van der Waals surface area (Å²) < 4.78 is 11.0. The maximum Gasteiger partial charge on any atom is 0.229 e. The Balaban J connectivity index is 1.76. The molecule has 0 saturated carbocycles. The molecule has 9 nitrogen and oxygen atoms in total. The number of phenols is 3. The summed E-state index contributed by atoms with van der Waals surface area (Å²) in [4.78, 5) is 0. The van der Waals surface area contributed by atoms with Crippen LogP contribution >= 0.6 is 0 Å². The zero-order valence-electron chi connectivity index (χ0n) is 15.4. The van der Waals surface area contributed by atoms with Crippen LogP contribution < -0.4 is 4.74 Å². The van der Waals surface area contributed by atoms with Gasteiger partial charge in [-0.1, -0.05) is 6.07 Å². The molecule has 0 spiro atoms. The van der Waals surface area contributed by atoms with Crippen LogP contribution in [0.4, 0.5) is 0 Å². The van der Waals surface area contributed by atoms with Gasteiger partial charge in [0, 0.05) is 0 Å². The predicted molar refractivity (Wildman–Crippen MR) is 99.7 cm³/mol. The van der Waals surface area contributed by atoms with E-state index in [9.17, 15) is 35.7 Å². The topological polar surface area (TPSA) is 160 Å². The number of aliphatic hydroxyl groups excluding tert-OH is 4. The number of rotatable bonds is 6. The van der Waals surface area contributed by atoms with E-state index in [0.29, 0.717) is 18.4 Å². The van der Waals surface area contributed by atoms with Crippen molar-refractivity contribution in [3.8, 4) is 23.0 Å². The number of hydrogen-bond acceptors (Lipinski definition) is 9. The quantitative estimate of drug-likeness (QED) is 0.320. The highest BCUT2D eigenvalue weighted by Gasteiger charge is 2.44. The lowest BCUT2D eigenvalue weighted by molar-refractivity contribution is -0.277. The molecule has 7 N–H and O–H groups in total. The second-order valence-corrected chi connectivity index (χ2v) is 6.93. The lowest BCUT2D eigenvalue weighted by Crippen LogP contribution is -2.60. The van der Waals surface area contributed by atoms with Crippen LogP contribution in [0.25, 0.3) is 0 Å². The van der Waals surface area contributed by atoms with E-state index >= 15 is 0 Å². The van der Waals surface area contributed by atoms with Crippen molar-refractivity contribution in [2.75, 3.05) is 6.61 Å². The van der Waals surface area contributed by atoms with Gasteiger partial charge >= 0.3 is 0 Å². The number of aliphatic hydroxyl groups is 4. The largest absolute Gasteiger partial charge is 0.508 e. The van der Waals surface area contributed by atoms with Crippen molar-refractivity contribution in [1.29, 1.82) is 0 Å². The molecule has 0 aromatic heterocycles. The van der Waals surface area contributed by atoms with Crippen molar-refractivity contribution in [2.24, 2.45) is 0 Å². The highest BCUT2D eigenvalue weighted by Crippen LogP contribution is 2.31. The molecule has 1 saturated heterocycles. The molecule has 9 heteroatoms. The molecule has 29 heavy (non-hydrogen) atoms. The smallest absolute Gasteiger partial charge is 0.229 e. The molecule has 0 aliphatic carbocycles. The van der Waals surface area contributed by atoms with Gasteiger partial charge < -0.3 is 45.2 Å². The Morgan fingerprint density at radius 1 is 0.828 bits per heavy atom. The normalized spacial score (nSPS) is 27.0. The molecule has 0 unspecified atom stereocenters. The van der Waals surface area contributed by atoms with Gasteiger partial charge in [0.1, 0.15) is 35.9 Å². The Labute approximate surface area is 166 Å². The van der Waals surface area contributed by atoms with Crippen LogP contribution in [0, 0.1) is 0 Å². The molecule has 2 aromatic rings. The zero-order chi connectivity index (χ0) is 21.1. The number of phenolic OH excluding ortho intramolecular Hbond substituents is 3. The Bertz CT molecular complexity index is 839. The fourth-order valence-electron chi connectivity index (χ4n) is 3.17. The van der Waals surface area contributed by atoms with E-state index in [4.69, 9.17) is 9.47 Å². The lowest BCUT2D eigenvalue weighted by Gasteiger charge is -2.39. The average molecular weight is 408 g/mol. The first-order chi connectivity index (χ1) is 13.8. The van der Waals surface area contributed by atoms with E-state index in [2.05, 4.69) is 0 Å². The Morgan fingerprint density at radius 3 is 2.28 bits per heavy atom. The zero-order valence-corrected chi connectivity index (χ0v) is 15.4. The second-order valence-electron chi connectivity index (χ2n) is 6.93. The minimum Gasteiger partial charge on any atom is -0.508 e. The van der Waals surface area contributed by atoms with Crippen LogP contribution in [0.1, 0.15) is 11.1 Å². The molecule has 1 heterocycles. The van der Waals surface area contributed by atoms with Gasteiger partial charge in [-0.3, -0.25) is 0 Å². The molecule has 0 radical (unpaired) electrons.